The van der Waals surface area contributed by atoms with E-state index in [1.54, 1.807) is 4.90 Å². The van der Waals surface area contributed by atoms with Crippen LogP contribution in [0.5, 0.6) is 0 Å². The van der Waals surface area contributed by atoms with Crippen molar-refractivity contribution in [1.82, 2.24) is 14.8 Å². The van der Waals surface area contributed by atoms with Gasteiger partial charge in [0.25, 0.3) is 0 Å². The molecule has 0 fully saturated rings. The maximum Gasteiger partial charge on any atom is 0.460 e. The van der Waals surface area contributed by atoms with Gasteiger partial charge in [0.1, 0.15) is 0 Å². The fourth-order valence-electron chi connectivity index (χ4n) is 2.95. The van der Waals surface area contributed by atoms with Crippen molar-refractivity contribution in [3.63, 3.8) is 0 Å². The highest BCUT2D eigenvalue weighted by atomic mass is 19.4. The number of ketones is 1. The minimum Gasteiger partial charge on any atom is -0.342 e. The van der Waals surface area contributed by atoms with Gasteiger partial charge in [-0.05, 0) is 58.0 Å². The number of amides is 1. The summed E-state index contributed by atoms with van der Waals surface area (Å²) in [6.07, 6.45) is -5.82. The van der Waals surface area contributed by atoms with Crippen molar-refractivity contribution in [2.45, 2.75) is 57.0 Å². The van der Waals surface area contributed by atoms with Crippen LogP contribution in [0.1, 0.15) is 37.4 Å². The third-order valence-electron chi connectivity index (χ3n) is 5.00. The predicted octanol–water partition coefficient (Wildman–Crippen LogP) is 4.15. The molecular weight excluding hydrogens is 459 g/mol. The first kappa shape index (κ1) is 28.8. The number of Topliss-reactive ketones (excluding diaryl/α,β-unsaturated/α-hetero) is 1. The van der Waals surface area contributed by atoms with Crippen LogP contribution in [0.3, 0.4) is 0 Å². The quantitative estimate of drug-likeness (QED) is 0.393. The van der Waals surface area contributed by atoms with Gasteiger partial charge in [0, 0.05) is 44.4 Å². The van der Waals surface area contributed by atoms with E-state index in [0.717, 1.165) is 6.54 Å². The summed E-state index contributed by atoms with van der Waals surface area (Å²) < 4.78 is 89.5. The van der Waals surface area contributed by atoms with E-state index in [-0.39, 0.29) is 17.9 Å². The van der Waals surface area contributed by atoms with Crippen molar-refractivity contribution in [2.75, 3.05) is 33.7 Å². The van der Waals surface area contributed by atoms with Gasteiger partial charge in [-0.1, -0.05) is 0 Å². The molecule has 0 unspecified atom stereocenters. The highest BCUT2D eigenvalue weighted by molar-refractivity contribution is 5.87. The molecule has 5 nitrogen and oxygen atoms in total. The second-order valence-corrected chi connectivity index (χ2v) is 7.86. The highest BCUT2D eigenvalue weighted by Crippen LogP contribution is 2.47. The number of alkyl halides is 7. The molecule has 0 atom stereocenters. The number of rotatable bonds is 13. The summed E-state index contributed by atoms with van der Waals surface area (Å²) in [4.78, 5) is 31.5. The first-order chi connectivity index (χ1) is 15.1. The number of carbonyl (C=O) groups is 2. The van der Waals surface area contributed by atoms with Crippen LogP contribution in [0.2, 0.25) is 0 Å². The van der Waals surface area contributed by atoms with Crippen molar-refractivity contribution in [2.24, 2.45) is 0 Å². The number of aryl methyl sites for hydroxylation is 2. The average molecular weight is 487 g/mol. The number of nitrogens with zero attached hydrogens (tertiary/aromatic N) is 3. The standard InChI is InChI=1S/C21H28F7N3O2/c1-4-31(13-12-30(2)3)18(33)7-5-6-16-14-15(10-11-29-16)8-9-17(32)19(22,23)20(24,25)21(26,27)28/h10-11,14H,4-9,12-13H2,1-3H3. The molecule has 1 rings (SSSR count). The summed E-state index contributed by atoms with van der Waals surface area (Å²) >= 11 is 0. The number of pyridine rings is 1. The molecule has 0 N–H and O–H groups in total. The van der Waals surface area contributed by atoms with Gasteiger partial charge in [0.2, 0.25) is 11.7 Å². The molecule has 1 aromatic heterocycles. The van der Waals surface area contributed by atoms with Gasteiger partial charge in [-0.25, -0.2) is 0 Å². The van der Waals surface area contributed by atoms with E-state index in [1.807, 2.05) is 25.9 Å². The Morgan fingerprint density at radius 2 is 1.61 bits per heavy atom. The van der Waals surface area contributed by atoms with E-state index >= 15 is 0 Å². The normalized spacial score (nSPS) is 12.8. The van der Waals surface area contributed by atoms with Gasteiger partial charge in [-0.15, -0.1) is 0 Å². The Kier molecular flexibility index (Phi) is 10.3. The third-order valence-corrected chi connectivity index (χ3v) is 5.00. The molecule has 1 heterocycles. The number of halogens is 7. The second kappa shape index (κ2) is 11.8. The number of likely N-dealkylation sites (N-methyl/N-ethyl adjacent to an activating group) is 2. The largest absolute Gasteiger partial charge is 0.460 e. The topological polar surface area (TPSA) is 53.5 Å². The molecule has 0 aliphatic heterocycles. The molecule has 0 spiro atoms. The van der Waals surface area contributed by atoms with Crippen LogP contribution in [0.25, 0.3) is 0 Å². The number of hydrogen-bond acceptors (Lipinski definition) is 4. The van der Waals surface area contributed by atoms with E-state index in [1.165, 1.54) is 18.3 Å². The zero-order valence-electron chi connectivity index (χ0n) is 18.7. The molecule has 12 heteroatoms. The zero-order valence-corrected chi connectivity index (χ0v) is 18.7. The minimum absolute atomic E-state index is 0.0334. The fourth-order valence-corrected chi connectivity index (χ4v) is 2.95. The van der Waals surface area contributed by atoms with Crippen LogP contribution in [-0.2, 0) is 22.4 Å². The number of carbonyl (C=O) groups excluding carboxylic acids is 2. The number of hydrogen-bond donors (Lipinski definition) is 0. The Morgan fingerprint density at radius 3 is 2.15 bits per heavy atom. The summed E-state index contributed by atoms with van der Waals surface area (Å²) in [5.41, 5.74) is 0.767. The Hall–Kier alpha value is -2.24. The lowest BCUT2D eigenvalue weighted by atomic mass is 9.99. The highest BCUT2D eigenvalue weighted by Gasteiger charge is 2.75. The van der Waals surface area contributed by atoms with Crippen molar-refractivity contribution in [3.05, 3.63) is 29.6 Å². The lowest BCUT2D eigenvalue weighted by molar-refractivity contribution is -0.343. The van der Waals surface area contributed by atoms with Gasteiger partial charge < -0.3 is 9.80 Å². The SMILES string of the molecule is CCN(CCN(C)C)C(=O)CCCc1cc(CCC(=O)C(F)(F)C(F)(F)C(F)(F)F)ccn1. The van der Waals surface area contributed by atoms with Crippen LogP contribution in [0.15, 0.2) is 18.3 Å². The second-order valence-electron chi connectivity index (χ2n) is 7.86. The van der Waals surface area contributed by atoms with E-state index in [0.29, 0.717) is 31.6 Å². The van der Waals surface area contributed by atoms with Crippen LogP contribution >= 0.6 is 0 Å². The molecule has 0 saturated heterocycles. The summed E-state index contributed by atoms with van der Waals surface area (Å²) in [7, 11) is 3.79. The van der Waals surface area contributed by atoms with E-state index in [4.69, 9.17) is 0 Å². The molecular formula is C21H28F7N3O2. The van der Waals surface area contributed by atoms with Crippen molar-refractivity contribution in [3.8, 4) is 0 Å². The molecule has 1 amide bonds. The Balaban J connectivity index is 2.64. The smallest absolute Gasteiger partial charge is 0.342 e. The average Bonchev–Trinajstić information content (AvgIpc) is 2.71. The third kappa shape index (κ3) is 7.94. The van der Waals surface area contributed by atoms with Gasteiger partial charge >= 0.3 is 18.0 Å². The molecule has 0 aromatic carbocycles. The van der Waals surface area contributed by atoms with Gasteiger partial charge in [-0.3, -0.25) is 14.6 Å². The molecule has 0 saturated carbocycles. The maximum absolute atomic E-state index is 13.4. The molecule has 0 aliphatic carbocycles. The van der Waals surface area contributed by atoms with Crippen LogP contribution < -0.4 is 0 Å². The van der Waals surface area contributed by atoms with E-state index in [2.05, 4.69) is 4.98 Å². The summed E-state index contributed by atoms with van der Waals surface area (Å²) in [6, 6.07) is 2.80. The molecule has 0 bridgehead atoms. The van der Waals surface area contributed by atoms with Crippen LogP contribution in [-0.4, -0.2) is 78.2 Å². The lowest BCUT2D eigenvalue weighted by Crippen LogP contribution is -2.56. The summed E-state index contributed by atoms with van der Waals surface area (Å²) in [5, 5.41) is 0. The van der Waals surface area contributed by atoms with Gasteiger partial charge in [0.05, 0.1) is 0 Å². The minimum atomic E-state index is -6.55. The van der Waals surface area contributed by atoms with Crippen molar-refractivity contribution >= 4 is 11.7 Å². The Morgan fingerprint density at radius 1 is 0.970 bits per heavy atom. The molecule has 33 heavy (non-hydrogen) atoms. The van der Waals surface area contributed by atoms with Crippen LogP contribution in [0, 0.1) is 0 Å². The van der Waals surface area contributed by atoms with Gasteiger partial charge in [0.15, 0.2) is 0 Å². The van der Waals surface area contributed by atoms with Crippen molar-refractivity contribution in [1.29, 1.82) is 0 Å². The zero-order chi connectivity index (χ0) is 25.4. The molecule has 0 aliphatic rings. The molecule has 0 radical (unpaired) electrons. The van der Waals surface area contributed by atoms with Gasteiger partial charge in [-0.2, -0.15) is 30.7 Å². The van der Waals surface area contributed by atoms with E-state index in [9.17, 15) is 40.3 Å². The summed E-state index contributed by atoms with van der Waals surface area (Å²) in [6.45, 7) is 3.73. The van der Waals surface area contributed by atoms with Crippen LogP contribution in [0.4, 0.5) is 30.7 Å². The predicted molar refractivity (Wildman–Crippen MR) is 107 cm³/mol. The van der Waals surface area contributed by atoms with E-state index < -0.39 is 36.6 Å². The Labute approximate surface area is 187 Å². The summed E-state index contributed by atoms with van der Waals surface area (Å²) in [5.74, 6) is -14.8. The first-order valence-corrected chi connectivity index (χ1v) is 10.4. The fraction of sp³-hybridized carbons (Fsp3) is 0.667. The van der Waals surface area contributed by atoms with Crippen molar-refractivity contribution < 1.29 is 40.3 Å². The molecule has 188 valence electrons. The Bertz CT molecular complexity index is 798. The lowest BCUT2D eigenvalue weighted by Gasteiger charge is -2.27. The molecule has 1 aromatic rings. The number of aromatic nitrogens is 1. The maximum atomic E-state index is 13.4. The first-order valence-electron chi connectivity index (χ1n) is 10.4. The monoisotopic (exact) mass is 487 g/mol.